The molecule has 86 valence electrons. The standard InChI is InChI=1S/C11H20N2O2/c1-8-6-13(7-9(8)2)11(14)10-5-12-3-4-15-10/h8-10,12H,3-7H2,1-2H3/t8?,9?,10-/m0/s1. The maximum atomic E-state index is 12.1. The monoisotopic (exact) mass is 212 g/mol. The van der Waals surface area contributed by atoms with Gasteiger partial charge >= 0.3 is 0 Å². The molecule has 0 bridgehead atoms. The Morgan fingerprint density at radius 3 is 2.53 bits per heavy atom. The zero-order valence-electron chi connectivity index (χ0n) is 9.53. The minimum atomic E-state index is -0.253. The molecule has 2 rings (SSSR count). The predicted octanol–water partition coefficient (Wildman–Crippen LogP) is 0.0892. The molecule has 2 saturated heterocycles. The van der Waals surface area contributed by atoms with E-state index in [2.05, 4.69) is 19.2 Å². The van der Waals surface area contributed by atoms with Crippen molar-refractivity contribution in [3.8, 4) is 0 Å². The summed E-state index contributed by atoms with van der Waals surface area (Å²) >= 11 is 0. The third-order valence-electron chi connectivity index (χ3n) is 3.50. The van der Waals surface area contributed by atoms with Gasteiger partial charge in [0.1, 0.15) is 6.10 Å². The molecule has 0 aromatic carbocycles. The van der Waals surface area contributed by atoms with Crippen LogP contribution in [0.1, 0.15) is 13.8 Å². The molecule has 0 saturated carbocycles. The Kier molecular flexibility index (Phi) is 3.26. The molecule has 0 aliphatic carbocycles. The van der Waals surface area contributed by atoms with Crippen LogP contribution in [-0.2, 0) is 9.53 Å². The lowest BCUT2D eigenvalue weighted by atomic mass is 10.0. The van der Waals surface area contributed by atoms with Gasteiger partial charge in [-0.1, -0.05) is 13.8 Å². The number of morpholine rings is 1. The van der Waals surface area contributed by atoms with E-state index in [9.17, 15) is 4.79 Å². The summed E-state index contributed by atoms with van der Waals surface area (Å²) in [6, 6.07) is 0. The lowest BCUT2D eigenvalue weighted by Crippen LogP contribution is -2.48. The molecule has 0 aromatic heterocycles. The molecule has 0 spiro atoms. The van der Waals surface area contributed by atoms with E-state index in [0.29, 0.717) is 25.0 Å². The summed E-state index contributed by atoms with van der Waals surface area (Å²) in [5.41, 5.74) is 0. The number of hydrogen-bond donors (Lipinski definition) is 1. The van der Waals surface area contributed by atoms with Crippen LogP contribution in [0.2, 0.25) is 0 Å². The van der Waals surface area contributed by atoms with Crippen molar-refractivity contribution < 1.29 is 9.53 Å². The first-order valence-corrected chi connectivity index (χ1v) is 5.79. The SMILES string of the molecule is CC1CN(C(=O)[C@@H]2CNCCO2)CC1C. The Bertz CT molecular complexity index is 229. The fourth-order valence-electron chi connectivity index (χ4n) is 2.24. The van der Waals surface area contributed by atoms with Gasteiger partial charge in [0, 0.05) is 26.2 Å². The van der Waals surface area contributed by atoms with E-state index in [1.54, 1.807) is 0 Å². The van der Waals surface area contributed by atoms with E-state index in [1.165, 1.54) is 0 Å². The lowest BCUT2D eigenvalue weighted by Gasteiger charge is -2.27. The highest BCUT2D eigenvalue weighted by Crippen LogP contribution is 2.23. The Balaban J connectivity index is 1.90. The number of nitrogens with one attached hydrogen (secondary N) is 1. The van der Waals surface area contributed by atoms with Crippen LogP contribution in [0.3, 0.4) is 0 Å². The number of carbonyl (C=O) groups is 1. The number of amides is 1. The maximum Gasteiger partial charge on any atom is 0.253 e. The van der Waals surface area contributed by atoms with Gasteiger partial charge < -0.3 is 15.0 Å². The maximum absolute atomic E-state index is 12.1. The molecule has 15 heavy (non-hydrogen) atoms. The quantitative estimate of drug-likeness (QED) is 0.670. The molecule has 0 aromatic rings. The van der Waals surface area contributed by atoms with Crippen LogP contribution in [0.4, 0.5) is 0 Å². The average Bonchev–Trinajstić information content (AvgIpc) is 2.59. The molecular weight excluding hydrogens is 192 g/mol. The summed E-state index contributed by atoms with van der Waals surface area (Å²) in [5.74, 6) is 1.40. The van der Waals surface area contributed by atoms with Crippen molar-refractivity contribution in [3.05, 3.63) is 0 Å². The molecule has 1 amide bonds. The van der Waals surface area contributed by atoms with Crippen molar-refractivity contribution in [2.45, 2.75) is 20.0 Å². The van der Waals surface area contributed by atoms with Crippen LogP contribution in [0.5, 0.6) is 0 Å². The van der Waals surface area contributed by atoms with E-state index >= 15 is 0 Å². The van der Waals surface area contributed by atoms with Gasteiger partial charge in [0.25, 0.3) is 5.91 Å². The highest BCUT2D eigenvalue weighted by Gasteiger charge is 2.33. The number of carbonyl (C=O) groups excluding carboxylic acids is 1. The van der Waals surface area contributed by atoms with Crippen molar-refractivity contribution in [2.24, 2.45) is 11.8 Å². The zero-order valence-corrected chi connectivity index (χ0v) is 9.53. The summed E-state index contributed by atoms with van der Waals surface area (Å²) < 4.78 is 5.47. The molecular formula is C11H20N2O2. The number of rotatable bonds is 1. The highest BCUT2D eigenvalue weighted by molar-refractivity contribution is 5.81. The van der Waals surface area contributed by atoms with Crippen LogP contribution in [0.25, 0.3) is 0 Å². The Labute approximate surface area is 91.0 Å². The molecule has 2 heterocycles. The lowest BCUT2D eigenvalue weighted by molar-refractivity contribution is -0.144. The van der Waals surface area contributed by atoms with Gasteiger partial charge in [0.15, 0.2) is 0 Å². The van der Waals surface area contributed by atoms with E-state index in [1.807, 2.05) is 4.90 Å². The second-order valence-electron chi connectivity index (χ2n) is 4.76. The predicted molar refractivity (Wildman–Crippen MR) is 57.5 cm³/mol. The summed E-state index contributed by atoms with van der Waals surface area (Å²) in [7, 11) is 0. The fraction of sp³-hybridized carbons (Fsp3) is 0.909. The first kappa shape index (κ1) is 10.9. The minimum Gasteiger partial charge on any atom is -0.366 e. The van der Waals surface area contributed by atoms with E-state index in [-0.39, 0.29) is 12.0 Å². The van der Waals surface area contributed by atoms with E-state index in [4.69, 9.17) is 4.74 Å². The largest absolute Gasteiger partial charge is 0.366 e. The van der Waals surface area contributed by atoms with Crippen LogP contribution in [-0.4, -0.2) is 49.7 Å². The first-order chi connectivity index (χ1) is 7.18. The highest BCUT2D eigenvalue weighted by atomic mass is 16.5. The fourth-order valence-corrected chi connectivity index (χ4v) is 2.24. The van der Waals surface area contributed by atoms with Crippen molar-refractivity contribution in [3.63, 3.8) is 0 Å². The molecule has 2 fully saturated rings. The van der Waals surface area contributed by atoms with Crippen LogP contribution >= 0.6 is 0 Å². The average molecular weight is 212 g/mol. The summed E-state index contributed by atoms with van der Waals surface area (Å²) in [6.07, 6.45) is -0.253. The zero-order chi connectivity index (χ0) is 10.8. The van der Waals surface area contributed by atoms with Gasteiger partial charge in [-0.05, 0) is 11.8 Å². The molecule has 2 aliphatic heterocycles. The van der Waals surface area contributed by atoms with Crippen molar-refractivity contribution in [2.75, 3.05) is 32.8 Å². The van der Waals surface area contributed by atoms with Gasteiger partial charge in [-0.2, -0.15) is 0 Å². The Hall–Kier alpha value is -0.610. The van der Waals surface area contributed by atoms with Gasteiger partial charge in [-0.3, -0.25) is 4.79 Å². The van der Waals surface area contributed by atoms with Crippen LogP contribution in [0, 0.1) is 11.8 Å². The topological polar surface area (TPSA) is 41.6 Å². The summed E-state index contributed by atoms with van der Waals surface area (Å²) in [6.45, 7) is 8.36. The third kappa shape index (κ3) is 2.32. The van der Waals surface area contributed by atoms with Gasteiger partial charge in [-0.25, -0.2) is 0 Å². The van der Waals surface area contributed by atoms with Gasteiger partial charge in [-0.15, -0.1) is 0 Å². The van der Waals surface area contributed by atoms with E-state index < -0.39 is 0 Å². The second kappa shape index (κ2) is 4.49. The minimum absolute atomic E-state index is 0.165. The normalized spacial score (nSPS) is 36.9. The molecule has 2 aliphatic rings. The molecule has 3 atom stereocenters. The van der Waals surface area contributed by atoms with Gasteiger partial charge in [0.2, 0.25) is 0 Å². The van der Waals surface area contributed by atoms with Crippen molar-refractivity contribution in [1.29, 1.82) is 0 Å². The number of nitrogens with zero attached hydrogens (tertiary/aromatic N) is 1. The van der Waals surface area contributed by atoms with Crippen LogP contribution in [0.15, 0.2) is 0 Å². The first-order valence-electron chi connectivity index (χ1n) is 5.79. The molecule has 2 unspecified atom stereocenters. The summed E-state index contributed by atoms with van der Waals surface area (Å²) in [5, 5.41) is 3.19. The molecule has 4 nitrogen and oxygen atoms in total. The second-order valence-corrected chi connectivity index (χ2v) is 4.76. The smallest absolute Gasteiger partial charge is 0.253 e. The number of hydrogen-bond acceptors (Lipinski definition) is 3. The molecule has 1 N–H and O–H groups in total. The number of ether oxygens (including phenoxy) is 1. The van der Waals surface area contributed by atoms with Crippen LogP contribution < -0.4 is 5.32 Å². The van der Waals surface area contributed by atoms with Gasteiger partial charge in [0.05, 0.1) is 6.61 Å². The molecule has 4 heteroatoms. The molecule has 0 radical (unpaired) electrons. The van der Waals surface area contributed by atoms with Crippen molar-refractivity contribution >= 4 is 5.91 Å². The third-order valence-corrected chi connectivity index (χ3v) is 3.50. The summed E-state index contributed by atoms with van der Waals surface area (Å²) in [4.78, 5) is 14.0. The van der Waals surface area contributed by atoms with Crippen molar-refractivity contribution in [1.82, 2.24) is 10.2 Å². The number of likely N-dealkylation sites (tertiary alicyclic amines) is 1. The Morgan fingerprint density at radius 2 is 2.00 bits per heavy atom. The van der Waals surface area contributed by atoms with E-state index in [0.717, 1.165) is 19.6 Å². The Morgan fingerprint density at radius 1 is 1.33 bits per heavy atom.